The number of rotatable bonds is 6. The van der Waals surface area contributed by atoms with Crippen LogP contribution >= 0.6 is 11.5 Å². The number of hydrogen-bond donors (Lipinski definition) is 1. The zero-order chi connectivity index (χ0) is 15.0. The highest BCUT2D eigenvalue weighted by Gasteiger charge is 2.58. The maximum Gasteiger partial charge on any atom is 0.325 e. The van der Waals surface area contributed by atoms with E-state index in [0.29, 0.717) is 17.5 Å². The van der Waals surface area contributed by atoms with Gasteiger partial charge in [0.15, 0.2) is 0 Å². The first-order valence-corrected chi connectivity index (χ1v) is 8.26. The molecular formula is C14H20N4O2S. The third kappa shape index (κ3) is 2.66. The Hall–Kier alpha value is -1.50. The van der Waals surface area contributed by atoms with Crippen molar-refractivity contribution in [2.24, 2.45) is 11.8 Å². The minimum Gasteiger partial charge on any atom is -0.323 e. The van der Waals surface area contributed by atoms with Crippen molar-refractivity contribution in [3.8, 4) is 0 Å². The topological polar surface area (TPSA) is 75.2 Å². The number of amides is 3. The molecule has 1 aliphatic heterocycles. The number of carbonyl (C=O) groups is 2. The van der Waals surface area contributed by atoms with E-state index in [2.05, 4.69) is 28.8 Å². The van der Waals surface area contributed by atoms with Gasteiger partial charge in [0.25, 0.3) is 5.91 Å². The van der Waals surface area contributed by atoms with Gasteiger partial charge in [-0.2, -0.15) is 0 Å². The summed E-state index contributed by atoms with van der Waals surface area (Å²) in [5.41, 5.74) is -0.0101. The molecule has 114 valence electrons. The van der Waals surface area contributed by atoms with Gasteiger partial charge >= 0.3 is 6.03 Å². The Kier molecular flexibility index (Phi) is 3.69. The highest BCUT2D eigenvalue weighted by molar-refractivity contribution is 7.03. The average Bonchev–Trinajstić information content (AvgIpc) is 3.12. The van der Waals surface area contributed by atoms with Crippen LogP contribution in [-0.4, -0.2) is 32.0 Å². The normalized spacial score (nSPS) is 25.8. The molecule has 1 N–H and O–H groups in total. The van der Waals surface area contributed by atoms with Crippen LogP contribution in [0.15, 0.2) is 5.38 Å². The molecule has 1 atom stereocenters. The van der Waals surface area contributed by atoms with Crippen molar-refractivity contribution in [2.75, 3.05) is 0 Å². The molecule has 1 saturated carbocycles. The van der Waals surface area contributed by atoms with Crippen molar-refractivity contribution in [1.29, 1.82) is 0 Å². The second-order valence-corrected chi connectivity index (χ2v) is 7.01. The number of aromatic nitrogens is 2. The first-order chi connectivity index (χ1) is 10.0. The molecule has 3 amide bonds. The number of hydrogen-bond acceptors (Lipinski definition) is 5. The molecule has 2 fully saturated rings. The minimum absolute atomic E-state index is 0.0800. The summed E-state index contributed by atoms with van der Waals surface area (Å²) >= 11 is 1.23. The lowest BCUT2D eigenvalue weighted by Gasteiger charge is -2.27. The highest BCUT2D eigenvalue weighted by Crippen LogP contribution is 2.46. The van der Waals surface area contributed by atoms with Gasteiger partial charge in [0.05, 0.1) is 12.2 Å². The second-order valence-electron chi connectivity index (χ2n) is 6.40. The molecule has 2 aliphatic rings. The summed E-state index contributed by atoms with van der Waals surface area (Å²) < 4.78 is 3.78. The maximum atomic E-state index is 12.9. The van der Waals surface area contributed by atoms with Crippen LogP contribution in [0.25, 0.3) is 0 Å². The van der Waals surface area contributed by atoms with Crippen LogP contribution in [0.3, 0.4) is 0 Å². The molecule has 1 saturated heterocycles. The zero-order valence-corrected chi connectivity index (χ0v) is 13.2. The van der Waals surface area contributed by atoms with E-state index in [1.165, 1.54) is 16.4 Å². The summed E-state index contributed by atoms with van der Waals surface area (Å²) in [7, 11) is 0. The van der Waals surface area contributed by atoms with Crippen LogP contribution in [0.5, 0.6) is 0 Å². The van der Waals surface area contributed by atoms with Crippen molar-refractivity contribution in [1.82, 2.24) is 19.8 Å². The summed E-state index contributed by atoms with van der Waals surface area (Å²) in [4.78, 5) is 26.4. The van der Waals surface area contributed by atoms with Gasteiger partial charge in [0.2, 0.25) is 0 Å². The van der Waals surface area contributed by atoms with Crippen molar-refractivity contribution in [3.05, 3.63) is 11.1 Å². The van der Waals surface area contributed by atoms with Crippen LogP contribution in [0, 0.1) is 11.8 Å². The van der Waals surface area contributed by atoms with Gasteiger partial charge < -0.3 is 5.32 Å². The number of nitrogens with zero attached hydrogens (tertiary/aromatic N) is 3. The molecule has 6 nitrogen and oxygen atoms in total. The lowest BCUT2D eigenvalue weighted by Crippen LogP contribution is -2.49. The Labute approximate surface area is 128 Å². The van der Waals surface area contributed by atoms with E-state index in [0.717, 1.165) is 25.7 Å². The standard InChI is InChI=1S/C14H20N4O2S/c1-9(2)5-6-14(10-3-4-10)12(19)18(13(20)15-14)7-11-8-21-17-16-11/h8-10H,3-7H2,1-2H3,(H,15,20). The first-order valence-electron chi connectivity index (χ1n) is 7.43. The van der Waals surface area contributed by atoms with Gasteiger partial charge in [0.1, 0.15) is 5.54 Å². The highest BCUT2D eigenvalue weighted by atomic mass is 32.1. The fraction of sp³-hybridized carbons (Fsp3) is 0.714. The lowest BCUT2D eigenvalue weighted by atomic mass is 9.85. The number of nitrogens with one attached hydrogen (secondary N) is 1. The summed E-state index contributed by atoms with van der Waals surface area (Å²) in [5, 5.41) is 8.68. The predicted molar refractivity (Wildman–Crippen MR) is 78.5 cm³/mol. The lowest BCUT2D eigenvalue weighted by molar-refractivity contribution is -0.132. The summed E-state index contributed by atoms with van der Waals surface area (Å²) in [6.07, 6.45) is 3.72. The van der Waals surface area contributed by atoms with Crippen molar-refractivity contribution in [3.63, 3.8) is 0 Å². The Morgan fingerprint density at radius 2 is 2.24 bits per heavy atom. The fourth-order valence-electron chi connectivity index (χ4n) is 2.95. The molecule has 0 radical (unpaired) electrons. The Balaban J connectivity index is 1.79. The monoisotopic (exact) mass is 308 g/mol. The quantitative estimate of drug-likeness (QED) is 0.817. The molecule has 1 aliphatic carbocycles. The van der Waals surface area contributed by atoms with E-state index >= 15 is 0 Å². The molecule has 0 spiro atoms. The Morgan fingerprint density at radius 3 is 2.81 bits per heavy atom. The van der Waals surface area contributed by atoms with E-state index in [1.54, 1.807) is 5.38 Å². The Bertz CT molecular complexity index is 541. The van der Waals surface area contributed by atoms with Crippen LogP contribution in [0.1, 0.15) is 45.2 Å². The SMILES string of the molecule is CC(C)CCC1(C2CC2)NC(=O)N(Cc2csnn2)C1=O. The molecule has 1 unspecified atom stereocenters. The second kappa shape index (κ2) is 5.36. The van der Waals surface area contributed by atoms with E-state index < -0.39 is 5.54 Å². The zero-order valence-electron chi connectivity index (χ0n) is 12.3. The predicted octanol–water partition coefficient (Wildman–Crippen LogP) is 2.17. The smallest absolute Gasteiger partial charge is 0.323 e. The third-order valence-electron chi connectivity index (χ3n) is 4.32. The van der Waals surface area contributed by atoms with Gasteiger partial charge in [0, 0.05) is 5.38 Å². The fourth-order valence-corrected chi connectivity index (χ4v) is 3.39. The average molecular weight is 308 g/mol. The molecule has 1 aromatic heterocycles. The summed E-state index contributed by atoms with van der Waals surface area (Å²) in [6.45, 7) is 4.50. The van der Waals surface area contributed by atoms with Gasteiger partial charge in [-0.05, 0) is 49.1 Å². The number of imide groups is 1. The molecule has 1 aromatic rings. The van der Waals surface area contributed by atoms with E-state index in [-0.39, 0.29) is 18.5 Å². The molecule has 0 bridgehead atoms. The molecule has 0 aromatic carbocycles. The maximum absolute atomic E-state index is 12.9. The largest absolute Gasteiger partial charge is 0.325 e. The van der Waals surface area contributed by atoms with Crippen LogP contribution in [0.4, 0.5) is 4.79 Å². The van der Waals surface area contributed by atoms with Gasteiger partial charge in [-0.25, -0.2) is 4.79 Å². The van der Waals surface area contributed by atoms with Crippen molar-refractivity contribution < 1.29 is 9.59 Å². The van der Waals surface area contributed by atoms with E-state index in [1.807, 2.05) is 0 Å². The molecule has 2 heterocycles. The van der Waals surface area contributed by atoms with Crippen molar-refractivity contribution in [2.45, 2.75) is 51.6 Å². The molecule has 7 heteroatoms. The van der Waals surface area contributed by atoms with Crippen molar-refractivity contribution >= 4 is 23.5 Å². The summed E-state index contributed by atoms with van der Waals surface area (Å²) in [5.74, 6) is 0.733. The van der Waals surface area contributed by atoms with Crippen LogP contribution in [0.2, 0.25) is 0 Å². The Morgan fingerprint density at radius 1 is 1.48 bits per heavy atom. The van der Waals surface area contributed by atoms with Gasteiger partial charge in [-0.15, -0.1) is 5.10 Å². The number of carbonyl (C=O) groups excluding carboxylic acids is 2. The third-order valence-corrected chi connectivity index (χ3v) is 4.87. The molecule has 21 heavy (non-hydrogen) atoms. The van der Waals surface area contributed by atoms with E-state index in [9.17, 15) is 9.59 Å². The summed E-state index contributed by atoms with van der Waals surface area (Å²) in [6, 6.07) is -0.288. The minimum atomic E-state index is -0.676. The number of urea groups is 1. The first kappa shape index (κ1) is 14.4. The molecule has 3 rings (SSSR count). The van der Waals surface area contributed by atoms with Crippen LogP contribution < -0.4 is 5.32 Å². The van der Waals surface area contributed by atoms with E-state index in [4.69, 9.17) is 0 Å². The molecular weight excluding hydrogens is 288 g/mol. The van der Waals surface area contributed by atoms with Crippen LogP contribution in [-0.2, 0) is 11.3 Å². The van der Waals surface area contributed by atoms with Gasteiger partial charge in [-0.1, -0.05) is 18.3 Å². The van der Waals surface area contributed by atoms with Gasteiger partial charge in [-0.3, -0.25) is 9.69 Å².